The molecule has 1 aliphatic heterocycles. The smallest absolute Gasteiger partial charge is 0.295 e. The number of alkyl halides is 2. The average Bonchev–Trinajstić information content (AvgIpc) is 2.09. The minimum absolute atomic E-state index is 0.805. The second-order valence-corrected chi connectivity index (χ2v) is 2.89. The number of hydrogen-bond acceptors (Lipinski definition) is 5. The van der Waals surface area contributed by atoms with Crippen LogP contribution in [0.15, 0.2) is 0 Å². The van der Waals surface area contributed by atoms with Crippen LogP contribution in [0.2, 0.25) is 0 Å². The molecule has 0 aromatic heterocycles. The van der Waals surface area contributed by atoms with Crippen LogP contribution in [0.5, 0.6) is 0 Å². The van der Waals surface area contributed by atoms with Crippen LogP contribution in [0.25, 0.3) is 0 Å². The molecule has 1 aliphatic rings. The van der Waals surface area contributed by atoms with E-state index in [1.807, 2.05) is 0 Å². The molecule has 0 radical (unpaired) electrons. The Morgan fingerprint density at radius 2 is 1.92 bits per heavy atom. The standard InChI is InChI=1S/C6H11F2NO4/c7-6(8)3(9)5(12)13-2(1-10)4(6)11/h2-5,10-12H,1,9H2/t2-,3-,4+,5?/m1/s1. The van der Waals surface area contributed by atoms with E-state index in [0.29, 0.717) is 0 Å². The van der Waals surface area contributed by atoms with Crippen molar-refractivity contribution in [2.75, 3.05) is 6.61 Å². The summed E-state index contributed by atoms with van der Waals surface area (Å²) < 4.78 is 30.4. The van der Waals surface area contributed by atoms with Gasteiger partial charge in [-0.25, -0.2) is 8.78 Å². The molecule has 7 heteroatoms. The van der Waals surface area contributed by atoms with E-state index < -0.39 is 37.1 Å². The van der Waals surface area contributed by atoms with E-state index in [4.69, 9.17) is 21.1 Å². The summed E-state index contributed by atoms with van der Waals surface area (Å²) in [6, 6.07) is -1.98. The van der Waals surface area contributed by atoms with E-state index in [-0.39, 0.29) is 0 Å². The number of nitrogens with two attached hydrogens (primary N) is 1. The minimum atomic E-state index is -3.66. The van der Waals surface area contributed by atoms with Crippen molar-refractivity contribution in [1.29, 1.82) is 0 Å². The van der Waals surface area contributed by atoms with E-state index in [2.05, 4.69) is 4.74 Å². The zero-order valence-electron chi connectivity index (χ0n) is 6.60. The highest BCUT2D eigenvalue weighted by Gasteiger charge is 2.56. The fourth-order valence-corrected chi connectivity index (χ4v) is 1.12. The number of aliphatic hydroxyl groups excluding tert-OH is 3. The molecule has 5 N–H and O–H groups in total. The van der Waals surface area contributed by atoms with Gasteiger partial charge in [0, 0.05) is 0 Å². The van der Waals surface area contributed by atoms with Gasteiger partial charge in [-0.1, -0.05) is 0 Å². The van der Waals surface area contributed by atoms with Crippen molar-refractivity contribution in [3.63, 3.8) is 0 Å². The van der Waals surface area contributed by atoms with Crippen molar-refractivity contribution in [1.82, 2.24) is 0 Å². The fourth-order valence-electron chi connectivity index (χ4n) is 1.12. The van der Waals surface area contributed by atoms with Crippen molar-refractivity contribution in [3.05, 3.63) is 0 Å². The van der Waals surface area contributed by atoms with Crippen LogP contribution in [0.1, 0.15) is 0 Å². The lowest BCUT2D eigenvalue weighted by molar-refractivity contribution is -0.296. The highest BCUT2D eigenvalue weighted by molar-refractivity contribution is 4.97. The molecule has 1 unspecified atom stereocenters. The number of halogens is 2. The molecule has 13 heavy (non-hydrogen) atoms. The maximum absolute atomic E-state index is 13.0. The Balaban J connectivity index is 2.82. The van der Waals surface area contributed by atoms with Gasteiger partial charge >= 0.3 is 0 Å². The van der Waals surface area contributed by atoms with Crippen LogP contribution in [-0.4, -0.2) is 52.4 Å². The summed E-state index contributed by atoms with van der Waals surface area (Å²) in [5.74, 6) is -3.66. The lowest BCUT2D eigenvalue weighted by Gasteiger charge is -2.40. The summed E-state index contributed by atoms with van der Waals surface area (Å²) in [6.45, 7) is -0.805. The van der Waals surface area contributed by atoms with Crippen molar-refractivity contribution >= 4 is 0 Å². The minimum Gasteiger partial charge on any atom is -0.394 e. The lowest BCUT2D eigenvalue weighted by Crippen LogP contribution is -2.65. The molecular formula is C6H11F2NO4. The van der Waals surface area contributed by atoms with Gasteiger partial charge in [0.05, 0.1) is 6.61 Å². The first-order valence-electron chi connectivity index (χ1n) is 3.67. The van der Waals surface area contributed by atoms with Gasteiger partial charge in [0.2, 0.25) is 0 Å². The quantitative estimate of drug-likeness (QED) is 0.392. The maximum Gasteiger partial charge on any atom is 0.295 e. The predicted molar refractivity (Wildman–Crippen MR) is 36.9 cm³/mol. The van der Waals surface area contributed by atoms with Crippen LogP contribution in [0.4, 0.5) is 8.78 Å². The third-order valence-electron chi connectivity index (χ3n) is 1.99. The summed E-state index contributed by atoms with van der Waals surface area (Å²) in [4.78, 5) is 0. The van der Waals surface area contributed by atoms with Gasteiger partial charge < -0.3 is 25.8 Å². The van der Waals surface area contributed by atoms with Crippen molar-refractivity contribution in [2.45, 2.75) is 30.5 Å². The monoisotopic (exact) mass is 199 g/mol. The van der Waals surface area contributed by atoms with Crippen LogP contribution in [0, 0.1) is 0 Å². The molecule has 0 aromatic rings. The zero-order valence-corrected chi connectivity index (χ0v) is 6.60. The molecule has 1 heterocycles. The Hall–Kier alpha value is -0.340. The Kier molecular flexibility index (Phi) is 2.83. The van der Waals surface area contributed by atoms with E-state index in [0.717, 1.165) is 0 Å². The van der Waals surface area contributed by atoms with Crippen molar-refractivity contribution in [3.8, 4) is 0 Å². The topological polar surface area (TPSA) is 95.9 Å². The summed E-state index contributed by atoms with van der Waals surface area (Å²) in [7, 11) is 0. The number of ether oxygens (including phenoxy) is 1. The van der Waals surface area contributed by atoms with Gasteiger partial charge in [-0.3, -0.25) is 0 Å². The fraction of sp³-hybridized carbons (Fsp3) is 1.00. The van der Waals surface area contributed by atoms with Gasteiger partial charge in [0.1, 0.15) is 18.2 Å². The van der Waals surface area contributed by atoms with Crippen LogP contribution < -0.4 is 5.73 Å². The van der Waals surface area contributed by atoms with Gasteiger partial charge in [0.25, 0.3) is 5.92 Å². The molecule has 1 fully saturated rings. The molecule has 0 amide bonds. The Morgan fingerprint density at radius 1 is 1.38 bits per heavy atom. The normalized spacial score (nSPS) is 44.8. The van der Waals surface area contributed by atoms with E-state index in [1.54, 1.807) is 0 Å². The van der Waals surface area contributed by atoms with Crippen LogP contribution in [-0.2, 0) is 4.74 Å². The van der Waals surface area contributed by atoms with Gasteiger partial charge in [-0.15, -0.1) is 0 Å². The molecule has 1 rings (SSSR count). The number of rotatable bonds is 1. The third kappa shape index (κ3) is 1.65. The number of aliphatic hydroxyl groups is 3. The van der Waals surface area contributed by atoms with E-state index in [1.165, 1.54) is 0 Å². The largest absolute Gasteiger partial charge is 0.394 e. The molecule has 5 nitrogen and oxygen atoms in total. The lowest BCUT2D eigenvalue weighted by atomic mass is 9.97. The molecular weight excluding hydrogens is 188 g/mol. The van der Waals surface area contributed by atoms with E-state index in [9.17, 15) is 8.78 Å². The van der Waals surface area contributed by atoms with E-state index >= 15 is 0 Å². The predicted octanol–water partition coefficient (Wildman–Crippen LogP) is -1.98. The molecule has 0 aliphatic carbocycles. The van der Waals surface area contributed by atoms with Crippen LogP contribution in [0.3, 0.4) is 0 Å². The molecule has 78 valence electrons. The highest BCUT2D eigenvalue weighted by Crippen LogP contribution is 2.32. The summed E-state index contributed by atoms with van der Waals surface area (Å²) >= 11 is 0. The second kappa shape index (κ2) is 3.43. The third-order valence-corrected chi connectivity index (χ3v) is 1.99. The van der Waals surface area contributed by atoms with Gasteiger partial charge in [-0.2, -0.15) is 0 Å². The Morgan fingerprint density at radius 3 is 2.38 bits per heavy atom. The number of hydrogen-bond donors (Lipinski definition) is 4. The molecule has 4 atom stereocenters. The van der Waals surface area contributed by atoms with Gasteiger partial charge in [0.15, 0.2) is 6.29 Å². The Bertz CT molecular complexity index is 191. The molecule has 0 bridgehead atoms. The SMILES string of the molecule is N[C@@H]1C(O)O[C@H](CO)[C@H](O)C1(F)F. The average molecular weight is 199 g/mol. The zero-order chi connectivity index (χ0) is 10.2. The maximum atomic E-state index is 13.0. The molecule has 0 saturated carbocycles. The highest BCUT2D eigenvalue weighted by atomic mass is 19.3. The van der Waals surface area contributed by atoms with Crippen molar-refractivity contribution in [2.24, 2.45) is 5.73 Å². The Labute approximate surface area is 72.7 Å². The summed E-state index contributed by atoms with van der Waals surface area (Å²) in [5.41, 5.74) is 4.90. The summed E-state index contributed by atoms with van der Waals surface area (Å²) in [6.07, 6.45) is -5.59. The van der Waals surface area contributed by atoms with Gasteiger partial charge in [-0.05, 0) is 0 Å². The second-order valence-electron chi connectivity index (χ2n) is 2.89. The first-order chi connectivity index (χ1) is 5.91. The molecule has 0 spiro atoms. The molecule has 0 aromatic carbocycles. The van der Waals surface area contributed by atoms with Crippen LogP contribution >= 0.6 is 0 Å². The molecule has 1 saturated heterocycles. The first-order valence-corrected chi connectivity index (χ1v) is 3.67. The van der Waals surface area contributed by atoms with Crippen molar-refractivity contribution < 1.29 is 28.8 Å². The first kappa shape index (κ1) is 10.7. The summed E-state index contributed by atoms with van der Waals surface area (Å²) in [5, 5.41) is 26.4.